The lowest BCUT2D eigenvalue weighted by atomic mass is 10.0. The highest BCUT2D eigenvalue weighted by molar-refractivity contribution is 7.90. The summed E-state index contributed by atoms with van der Waals surface area (Å²) in [5.74, 6) is -2.70. The molecular formula is C37H35F3N8O6S. The van der Waals surface area contributed by atoms with Gasteiger partial charge in [-0.1, -0.05) is 18.2 Å². The van der Waals surface area contributed by atoms with E-state index in [1.54, 1.807) is 36.4 Å². The first-order valence-electron chi connectivity index (χ1n) is 17.3. The van der Waals surface area contributed by atoms with E-state index in [-0.39, 0.29) is 41.4 Å². The molecule has 3 aliphatic rings. The molecule has 4 aromatic rings. The summed E-state index contributed by atoms with van der Waals surface area (Å²) in [6.45, 7) is 3.25. The van der Waals surface area contributed by atoms with Crippen molar-refractivity contribution in [1.82, 2.24) is 25.1 Å². The third-order valence-corrected chi connectivity index (χ3v) is 10.8. The van der Waals surface area contributed by atoms with Gasteiger partial charge in [-0.05, 0) is 66.1 Å². The third-order valence-electron chi connectivity index (χ3n) is 9.65. The topological polar surface area (TPSA) is 174 Å². The molecule has 7 rings (SSSR count). The van der Waals surface area contributed by atoms with Gasteiger partial charge >= 0.3 is 6.18 Å². The Bertz CT molecular complexity index is 2300. The first-order chi connectivity index (χ1) is 26.1. The Morgan fingerprint density at radius 2 is 1.62 bits per heavy atom. The number of carbonyl (C=O) groups is 4. The molecule has 0 aliphatic carbocycles. The van der Waals surface area contributed by atoms with E-state index in [4.69, 9.17) is 0 Å². The lowest BCUT2D eigenvalue weighted by Crippen LogP contribution is -2.54. The van der Waals surface area contributed by atoms with Crippen LogP contribution in [0, 0.1) is 0 Å². The summed E-state index contributed by atoms with van der Waals surface area (Å²) in [6.07, 6.45) is -2.85. The Kier molecular flexibility index (Phi) is 10.0. The Labute approximate surface area is 313 Å². The van der Waals surface area contributed by atoms with E-state index in [2.05, 4.69) is 35.7 Å². The summed E-state index contributed by atoms with van der Waals surface area (Å²) < 4.78 is 65.2. The van der Waals surface area contributed by atoms with E-state index in [0.29, 0.717) is 50.2 Å². The van der Waals surface area contributed by atoms with E-state index in [9.17, 15) is 40.8 Å². The van der Waals surface area contributed by atoms with Crippen LogP contribution in [0.3, 0.4) is 0 Å². The predicted octanol–water partition coefficient (Wildman–Crippen LogP) is 3.98. The number of piperazine rings is 1. The van der Waals surface area contributed by atoms with Gasteiger partial charge in [-0.2, -0.15) is 18.2 Å². The normalized spacial score (nSPS) is 18.0. The number of nitrogens with one attached hydrogen (secondary N) is 3. The number of benzene rings is 3. The molecule has 0 saturated carbocycles. The summed E-state index contributed by atoms with van der Waals surface area (Å²) >= 11 is 0. The van der Waals surface area contributed by atoms with E-state index in [0.717, 1.165) is 22.4 Å². The van der Waals surface area contributed by atoms with Gasteiger partial charge in [0.25, 0.3) is 11.8 Å². The molecule has 4 heterocycles. The number of hydrogen-bond donors (Lipinski definition) is 3. The van der Waals surface area contributed by atoms with Gasteiger partial charge in [-0.25, -0.2) is 13.4 Å². The molecule has 0 radical (unpaired) electrons. The predicted molar refractivity (Wildman–Crippen MR) is 194 cm³/mol. The fraction of sp³-hybridized carbons (Fsp3) is 0.297. The molecule has 0 spiro atoms. The molecule has 55 heavy (non-hydrogen) atoms. The van der Waals surface area contributed by atoms with Crippen LogP contribution in [0.1, 0.15) is 50.2 Å². The molecule has 3 aromatic carbocycles. The van der Waals surface area contributed by atoms with Gasteiger partial charge in [0, 0.05) is 69.5 Å². The molecule has 1 aromatic heterocycles. The van der Waals surface area contributed by atoms with Crippen LogP contribution in [-0.2, 0) is 38.7 Å². The fourth-order valence-electron chi connectivity index (χ4n) is 6.78. The second kappa shape index (κ2) is 14.7. The number of nitrogens with zero attached hydrogens (tertiary/aromatic N) is 5. The Morgan fingerprint density at radius 3 is 2.31 bits per heavy atom. The van der Waals surface area contributed by atoms with Crippen molar-refractivity contribution in [2.24, 2.45) is 0 Å². The van der Waals surface area contributed by atoms with Gasteiger partial charge in [0.05, 0.1) is 16.0 Å². The number of imide groups is 2. The monoisotopic (exact) mass is 776 g/mol. The largest absolute Gasteiger partial charge is 0.421 e. The van der Waals surface area contributed by atoms with E-state index in [1.807, 2.05) is 12.1 Å². The molecule has 286 valence electrons. The second-order valence-electron chi connectivity index (χ2n) is 13.5. The van der Waals surface area contributed by atoms with Crippen LogP contribution in [0.5, 0.6) is 0 Å². The molecule has 1 atom stereocenters. The average Bonchev–Trinajstić information content (AvgIpc) is 3.39. The maximum absolute atomic E-state index is 13.8. The number of hydrogen-bond acceptors (Lipinski definition) is 12. The summed E-state index contributed by atoms with van der Waals surface area (Å²) in [5.41, 5.74) is 2.20. The number of sulfone groups is 1. The first kappa shape index (κ1) is 37.4. The smallest absolute Gasteiger partial charge is 0.369 e. The van der Waals surface area contributed by atoms with Crippen molar-refractivity contribution < 1.29 is 40.8 Å². The van der Waals surface area contributed by atoms with Crippen LogP contribution in [-0.4, -0.2) is 90.3 Å². The van der Waals surface area contributed by atoms with Crippen LogP contribution >= 0.6 is 0 Å². The minimum Gasteiger partial charge on any atom is -0.369 e. The zero-order valence-corrected chi connectivity index (χ0v) is 30.2. The standard InChI is InChI=1S/C37H35F3N8O6S/c1-55(53,54)26-4-2-3-22(17-26)19-41-32-29(37(38,39)40)20-42-36(45-32)43-24-6-8-25(9-7-24)47-15-13-46(14-16-47)21-23-5-10-27-28(18-23)35(52)48(34(27)51)30-11-12-31(49)44-33(30)50/h2-10,17-18,20,30H,11-16,19,21H2,1H3,(H,44,49,50)(H2,41,42,43,45). The molecule has 4 amide bonds. The van der Waals surface area contributed by atoms with Crippen molar-refractivity contribution in [3.05, 3.63) is 101 Å². The van der Waals surface area contributed by atoms with Gasteiger partial charge in [0.1, 0.15) is 17.4 Å². The van der Waals surface area contributed by atoms with Crippen LogP contribution in [0.2, 0.25) is 0 Å². The van der Waals surface area contributed by atoms with Gasteiger partial charge in [-0.3, -0.25) is 34.3 Å². The third kappa shape index (κ3) is 8.14. The van der Waals surface area contributed by atoms with Crippen molar-refractivity contribution >= 4 is 56.6 Å². The lowest BCUT2D eigenvalue weighted by Gasteiger charge is -2.36. The number of anilines is 4. The summed E-state index contributed by atoms with van der Waals surface area (Å²) in [4.78, 5) is 63.6. The van der Waals surface area contributed by atoms with Gasteiger partial charge < -0.3 is 15.5 Å². The maximum atomic E-state index is 13.8. The zero-order valence-electron chi connectivity index (χ0n) is 29.4. The highest BCUT2D eigenvalue weighted by Crippen LogP contribution is 2.35. The molecule has 2 saturated heterocycles. The Morgan fingerprint density at radius 1 is 0.891 bits per heavy atom. The fourth-order valence-corrected chi connectivity index (χ4v) is 7.47. The number of carbonyl (C=O) groups excluding carboxylic acids is 4. The molecule has 3 aliphatic heterocycles. The Hall–Kier alpha value is -5.88. The lowest BCUT2D eigenvalue weighted by molar-refractivity contribution is -0.138. The summed E-state index contributed by atoms with van der Waals surface area (Å²) in [7, 11) is -3.50. The van der Waals surface area contributed by atoms with Crippen molar-refractivity contribution in [3.63, 3.8) is 0 Å². The Balaban J connectivity index is 0.948. The van der Waals surface area contributed by atoms with Crippen molar-refractivity contribution in [2.45, 2.75) is 43.0 Å². The van der Waals surface area contributed by atoms with Crippen LogP contribution < -0.4 is 20.9 Å². The highest BCUT2D eigenvalue weighted by Gasteiger charge is 2.44. The minimum atomic E-state index is -4.73. The van der Waals surface area contributed by atoms with Gasteiger partial charge in [-0.15, -0.1) is 0 Å². The molecule has 2 fully saturated rings. The minimum absolute atomic E-state index is 0.0503. The molecule has 14 nitrogen and oxygen atoms in total. The average molecular weight is 777 g/mol. The molecule has 0 bridgehead atoms. The number of piperidine rings is 1. The maximum Gasteiger partial charge on any atom is 0.421 e. The first-order valence-corrected chi connectivity index (χ1v) is 19.2. The van der Waals surface area contributed by atoms with Crippen LogP contribution in [0.15, 0.2) is 77.8 Å². The molecule has 3 N–H and O–H groups in total. The number of aromatic nitrogens is 2. The van der Waals surface area contributed by atoms with Crippen molar-refractivity contribution in [3.8, 4) is 0 Å². The molecule has 18 heteroatoms. The van der Waals surface area contributed by atoms with Crippen molar-refractivity contribution in [2.75, 3.05) is 48.0 Å². The zero-order chi connectivity index (χ0) is 39.1. The summed E-state index contributed by atoms with van der Waals surface area (Å²) in [5, 5.41) is 7.82. The summed E-state index contributed by atoms with van der Waals surface area (Å²) in [6, 6.07) is 17.3. The van der Waals surface area contributed by atoms with E-state index in [1.165, 1.54) is 18.2 Å². The second-order valence-corrected chi connectivity index (χ2v) is 15.5. The number of fused-ring (bicyclic) bond motifs is 1. The van der Waals surface area contributed by atoms with E-state index >= 15 is 0 Å². The van der Waals surface area contributed by atoms with Gasteiger partial charge in [0.2, 0.25) is 17.8 Å². The van der Waals surface area contributed by atoms with Gasteiger partial charge in [0.15, 0.2) is 9.84 Å². The molecule has 1 unspecified atom stereocenters. The quantitative estimate of drug-likeness (QED) is 0.198. The SMILES string of the molecule is CS(=O)(=O)c1cccc(CNc2nc(Nc3ccc(N4CCN(Cc5ccc6c(c5)C(=O)N(C5CCC(=O)NC5=O)C6=O)CC4)cc3)ncc2C(F)(F)F)c1. The van der Waals surface area contributed by atoms with E-state index < -0.39 is 57.1 Å². The van der Waals surface area contributed by atoms with Crippen molar-refractivity contribution in [1.29, 1.82) is 0 Å². The number of amides is 4. The number of alkyl halides is 3. The van der Waals surface area contributed by atoms with Crippen LogP contribution in [0.4, 0.5) is 36.3 Å². The highest BCUT2D eigenvalue weighted by atomic mass is 32.2. The molecular weight excluding hydrogens is 742 g/mol. The van der Waals surface area contributed by atoms with Crippen LogP contribution in [0.25, 0.3) is 0 Å². The number of rotatable bonds is 10. The number of halogens is 3.